The first kappa shape index (κ1) is 22.0. The van der Waals surface area contributed by atoms with Gasteiger partial charge in [0.15, 0.2) is 10.9 Å². The molecule has 2 aromatic rings. The third-order valence-corrected chi connectivity index (χ3v) is 5.28. The van der Waals surface area contributed by atoms with Crippen LogP contribution >= 0.6 is 12.2 Å². The van der Waals surface area contributed by atoms with E-state index in [1.54, 1.807) is 6.07 Å². The second kappa shape index (κ2) is 8.38. The number of benzene rings is 2. The van der Waals surface area contributed by atoms with Crippen molar-refractivity contribution in [1.82, 2.24) is 10.2 Å². The van der Waals surface area contributed by atoms with Crippen LogP contribution in [0.4, 0.5) is 22.0 Å². The van der Waals surface area contributed by atoms with Gasteiger partial charge in [0.2, 0.25) is 29.1 Å². The van der Waals surface area contributed by atoms with E-state index in [0.717, 1.165) is 12.8 Å². The number of rotatable bonds is 6. The zero-order valence-electron chi connectivity index (χ0n) is 16.5. The van der Waals surface area contributed by atoms with Gasteiger partial charge in [-0.1, -0.05) is 6.07 Å². The Morgan fingerprint density at radius 2 is 1.72 bits per heavy atom. The van der Waals surface area contributed by atoms with E-state index in [9.17, 15) is 26.7 Å². The van der Waals surface area contributed by atoms with Crippen molar-refractivity contribution in [1.29, 1.82) is 0 Å². The van der Waals surface area contributed by atoms with Crippen LogP contribution in [0.5, 0.6) is 11.5 Å². The summed E-state index contributed by atoms with van der Waals surface area (Å²) in [5, 5.41) is 3.16. The van der Waals surface area contributed by atoms with Crippen molar-refractivity contribution in [2.45, 2.75) is 25.5 Å². The molecule has 32 heavy (non-hydrogen) atoms. The predicted molar refractivity (Wildman–Crippen MR) is 107 cm³/mol. The first-order chi connectivity index (χ1) is 15.2. The number of methoxy groups -OCH3 is 1. The SMILES string of the molecule is COc1ccc(/C=C2/NC(=S)N(C3CC3)C2=O)cc1COc1c(F)c(F)c(F)c(F)c1F. The van der Waals surface area contributed by atoms with E-state index in [4.69, 9.17) is 21.7 Å². The molecule has 1 aliphatic heterocycles. The molecule has 4 rings (SSSR count). The van der Waals surface area contributed by atoms with Crippen LogP contribution in [0.1, 0.15) is 24.0 Å². The van der Waals surface area contributed by atoms with Crippen LogP contribution in [-0.2, 0) is 11.4 Å². The molecule has 1 aliphatic carbocycles. The second-order valence-corrected chi connectivity index (χ2v) is 7.54. The maximum atomic E-state index is 13.9. The molecule has 1 N–H and O–H groups in total. The quantitative estimate of drug-likeness (QED) is 0.226. The Morgan fingerprint density at radius 1 is 1.09 bits per heavy atom. The summed E-state index contributed by atoms with van der Waals surface area (Å²) in [4.78, 5) is 14.1. The van der Waals surface area contributed by atoms with Crippen LogP contribution in [0, 0.1) is 29.1 Å². The van der Waals surface area contributed by atoms with E-state index in [-0.39, 0.29) is 29.0 Å². The zero-order valence-corrected chi connectivity index (χ0v) is 17.3. The molecule has 0 radical (unpaired) electrons. The van der Waals surface area contributed by atoms with Crippen molar-refractivity contribution in [2.24, 2.45) is 0 Å². The lowest BCUT2D eigenvalue weighted by Gasteiger charge is -2.13. The molecule has 1 saturated carbocycles. The lowest BCUT2D eigenvalue weighted by Crippen LogP contribution is -2.32. The lowest BCUT2D eigenvalue weighted by atomic mass is 10.1. The number of hydrogen-bond acceptors (Lipinski definition) is 4. The van der Waals surface area contributed by atoms with E-state index >= 15 is 0 Å². The van der Waals surface area contributed by atoms with E-state index in [1.807, 2.05) is 0 Å². The number of carbonyl (C=O) groups is 1. The fourth-order valence-corrected chi connectivity index (χ4v) is 3.58. The Hall–Kier alpha value is -3.21. The highest BCUT2D eigenvalue weighted by molar-refractivity contribution is 7.80. The standard InChI is InChI=1S/C21H15F5N2O3S/c1-30-13-5-2-9(7-12-20(29)28(11-3-4-11)21(32)27-12)6-10(13)8-31-19-17(25)15(23)14(22)16(24)18(19)26/h2,5-7,11H,3-4,8H2,1H3,(H,27,32)/b12-7+. The first-order valence-corrected chi connectivity index (χ1v) is 9.81. The minimum Gasteiger partial charge on any atom is -0.496 e. The predicted octanol–water partition coefficient (Wildman–Crippen LogP) is 4.19. The van der Waals surface area contributed by atoms with Gasteiger partial charge in [-0.3, -0.25) is 9.69 Å². The van der Waals surface area contributed by atoms with Crippen LogP contribution in [0.15, 0.2) is 23.9 Å². The van der Waals surface area contributed by atoms with Gasteiger partial charge >= 0.3 is 0 Å². The summed E-state index contributed by atoms with van der Waals surface area (Å²) in [6.07, 6.45) is 3.28. The van der Waals surface area contributed by atoms with Crippen molar-refractivity contribution in [3.05, 3.63) is 64.1 Å². The monoisotopic (exact) mass is 470 g/mol. The number of halogens is 5. The molecule has 0 unspecified atom stereocenters. The van der Waals surface area contributed by atoms with Gasteiger partial charge in [-0.15, -0.1) is 0 Å². The second-order valence-electron chi connectivity index (χ2n) is 7.15. The molecule has 11 heteroatoms. The highest BCUT2D eigenvalue weighted by Gasteiger charge is 2.41. The first-order valence-electron chi connectivity index (χ1n) is 9.40. The van der Waals surface area contributed by atoms with E-state index in [2.05, 4.69) is 5.32 Å². The minimum atomic E-state index is -2.27. The van der Waals surface area contributed by atoms with Crippen molar-refractivity contribution in [2.75, 3.05) is 7.11 Å². The maximum Gasteiger partial charge on any atom is 0.276 e. The number of ether oxygens (including phenoxy) is 2. The Kier molecular flexibility index (Phi) is 5.76. The lowest BCUT2D eigenvalue weighted by molar-refractivity contribution is -0.122. The van der Waals surface area contributed by atoms with Gasteiger partial charge in [0.05, 0.1) is 7.11 Å². The van der Waals surface area contributed by atoms with Crippen LogP contribution in [0.25, 0.3) is 6.08 Å². The number of nitrogens with zero attached hydrogens (tertiary/aromatic N) is 1. The molecule has 1 amide bonds. The Morgan fingerprint density at radius 3 is 2.31 bits per heavy atom. The molecule has 5 nitrogen and oxygen atoms in total. The van der Waals surface area contributed by atoms with Gasteiger partial charge in [-0.2, -0.15) is 8.78 Å². The van der Waals surface area contributed by atoms with Crippen molar-refractivity contribution in [3.8, 4) is 11.5 Å². The highest BCUT2D eigenvalue weighted by Crippen LogP contribution is 2.32. The Labute approximate surface area is 184 Å². The van der Waals surface area contributed by atoms with Crippen LogP contribution in [0.2, 0.25) is 0 Å². The normalized spacial score (nSPS) is 17.2. The molecule has 2 fully saturated rings. The molecule has 1 saturated heterocycles. The molecule has 2 aromatic carbocycles. The molecule has 2 aliphatic rings. The fourth-order valence-electron chi connectivity index (χ4n) is 3.24. The molecule has 0 spiro atoms. The number of nitrogens with one attached hydrogen (secondary N) is 1. The van der Waals surface area contributed by atoms with E-state index in [1.165, 1.54) is 30.2 Å². The number of hydrogen-bond donors (Lipinski definition) is 1. The fraction of sp³-hybridized carbons (Fsp3) is 0.238. The minimum absolute atomic E-state index is 0.0921. The van der Waals surface area contributed by atoms with Gasteiger partial charge in [0, 0.05) is 11.6 Å². The zero-order chi connectivity index (χ0) is 23.2. The van der Waals surface area contributed by atoms with E-state index in [0.29, 0.717) is 10.7 Å². The number of carbonyl (C=O) groups excluding carboxylic acids is 1. The molecule has 1 heterocycles. The van der Waals surface area contributed by atoms with Gasteiger partial charge in [-0.25, -0.2) is 13.2 Å². The molecule has 0 aromatic heterocycles. The number of amides is 1. The average Bonchev–Trinajstić information content (AvgIpc) is 3.57. The smallest absolute Gasteiger partial charge is 0.276 e. The van der Waals surface area contributed by atoms with Crippen LogP contribution in [0.3, 0.4) is 0 Å². The largest absolute Gasteiger partial charge is 0.496 e. The van der Waals surface area contributed by atoms with Gasteiger partial charge in [-0.05, 0) is 48.8 Å². The molecule has 0 atom stereocenters. The third-order valence-electron chi connectivity index (χ3n) is 4.98. The Balaban J connectivity index is 1.60. The summed E-state index contributed by atoms with van der Waals surface area (Å²) >= 11 is 5.20. The topological polar surface area (TPSA) is 50.8 Å². The Bertz CT molecular complexity index is 1140. The summed E-state index contributed by atoms with van der Waals surface area (Å²) in [5.74, 6) is -12.1. The average molecular weight is 470 g/mol. The van der Waals surface area contributed by atoms with Crippen molar-refractivity contribution >= 4 is 29.3 Å². The van der Waals surface area contributed by atoms with Crippen molar-refractivity contribution < 1.29 is 36.2 Å². The van der Waals surface area contributed by atoms with Gasteiger partial charge in [0.1, 0.15) is 18.1 Å². The van der Waals surface area contributed by atoms with Crippen LogP contribution < -0.4 is 14.8 Å². The third kappa shape index (κ3) is 3.88. The molecule has 0 bridgehead atoms. The maximum absolute atomic E-state index is 13.9. The summed E-state index contributed by atoms with van der Waals surface area (Å²) in [5.41, 5.74) is 0.995. The van der Waals surface area contributed by atoms with Crippen molar-refractivity contribution in [3.63, 3.8) is 0 Å². The summed E-state index contributed by atoms with van der Waals surface area (Å²) in [6, 6.07) is 4.72. The summed E-state index contributed by atoms with van der Waals surface area (Å²) in [7, 11) is 1.34. The molecule has 168 valence electrons. The van der Waals surface area contributed by atoms with Crippen LogP contribution in [-0.4, -0.2) is 29.1 Å². The molecular weight excluding hydrogens is 455 g/mol. The molecular formula is C21H15F5N2O3S. The van der Waals surface area contributed by atoms with Gasteiger partial charge in [0.25, 0.3) is 5.91 Å². The summed E-state index contributed by atoms with van der Waals surface area (Å²) < 4.78 is 77.9. The van der Waals surface area contributed by atoms with Gasteiger partial charge < -0.3 is 14.8 Å². The highest BCUT2D eigenvalue weighted by atomic mass is 32.1. The summed E-state index contributed by atoms with van der Waals surface area (Å²) in [6.45, 7) is -0.563. The number of thiocarbonyl (C=S) groups is 1. The van der Waals surface area contributed by atoms with E-state index < -0.39 is 41.4 Å².